The van der Waals surface area contributed by atoms with Crippen molar-refractivity contribution in [3.8, 4) is 0 Å². The van der Waals surface area contributed by atoms with E-state index >= 15 is 0 Å². The van der Waals surface area contributed by atoms with Crippen LogP contribution in [0.25, 0.3) is 10.9 Å². The predicted octanol–water partition coefficient (Wildman–Crippen LogP) is 5.15. The van der Waals surface area contributed by atoms with Crippen molar-refractivity contribution < 1.29 is 24.0 Å². The summed E-state index contributed by atoms with van der Waals surface area (Å²) in [6, 6.07) is 10.7. The van der Waals surface area contributed by atoms with Crippen molar-refractivity contribution in [2.24, 2.45) is 10.9 Å². The van der Waals surface area contributed by atoms with Crippen molar-refractivity contribution in [3.05, 3.63) is 87.3 Å². The minimum Gasteiger partial charge on any atom is -0.480 e. The lowest BCUT2D eigenvalue weighted by Crippen LogP contribution is -2.41. The van der Waals surface area contributed by atoms with E-state index in [4.69, 9.17) is 27.7 Å². The molecule has 2 aliphatic rings. The number of aliphatic carboxylic acids is 1. The molecule has 0 fully saturated rings. The molecule has 2 aromatic carbocycles. The first kappa shape index (κ1) is 26.6. The van der Waals surface area contributed by atoms with Crippen molar-refractivity contribution in [2.45, 2.75) is 25.3 Å². The van der Waals surface area contributed by atoms with Gasteiger partial charge in [-0.2, -0.15) is 0 Å². The number of nitrogens with one attached hydrogen (secondary N) is 1. The second kappa shape index (κ2) is 11.4. The highest BCUT2D eigenvalue weighted by atomic mass is 35.5. The van der Waals surface area contributed by atoms with Crippen LogP contribution in [0.1, 0.15) is 40.2 Å². The lowest BCUT2D eigenvalue weighted by molar-refractivity contribution is -0.139. The predicted molar refractivity (Wildman–Crippen MR) is 147 cm³/mol. The van der Waals surface area contributed by atoms with Gasteiger partial charge in [-0.15, -0.1) is 0 Å². The van der Waals surface area contributed by atoms with E-state index in [-0.39, 0.29) is 39.6 Å². The number of amides is 2. The molecule has 5 rings (SSSR count). The molecule has 200 valence electrons. The number of carboxylic acid groups (broad SMARTS) is 1. The van der Waals surface area contributed by atoms with E-state index < -0.39 is 17.9 Å². The number of halogens is 2. The van der Waals surface area contributed by atoms with Crippen LogP contribution >= 0.6 is 23.2 Å². The van der Waals surface area contributed by atoms with Crippen LogP contribution in [0.3, 0.4) is 0 Å². The monoisotopic (exact) mass is 566 g/mol. The van der Waals surface area contributed by atoms with Gasteiger partial charge in [0, 0.05) is 37.3 Å². The number of fused-ring (bicyclic) bond motifs is 1. The Morgan fingerprint density at radius 3 is 2.54 bits per heavy atom. The molecular formula is C28H24Cl2N4O5. The summed E-state index contributed by atoms with van der Waals surface area (Å²) < 4.78 is 5.32. The molecule has 2 N–H and O–H groups in total. The summed E-state index contributed by atoms with van der Waals surface area (Å²) in [4.78, 5) is 43.7. The van der Waals surface area contributed by atoms with Gasteiger partial charge in [-0.1, -0.05) is 64.3 Å². The number of carboxylic acids is 1. The Morgan fingerprint density at radius 2 is 1.87 bits per heavy atom. The van der Waals surface area contributed by atoms with E-state index in [1.807, 2.05) is 30.4 Å². The molecule has 0 radical (unpaired) electrons. The maximum atomic E-state index is 13.0. The number of carbonyl (C=O) groups is 3. The summed E-state index contributed by atoms with van der Waals surface area (Å²) in [6.07, 6.45) is 7.05. The van der Waals surface area contributed by atoms with Crippen LogP contribution in [-0.4, -0.2) is 58.3 Å². The fourth-order valence-electron chi connectivity index (χ4n) is 4.69. The molecule has 3 aromatic rings. The molecule has 0 aliphatic carbocycles. The molecule has 2 amide bonds. The number of aliphatic imine (C=N–C) groups is 1. The van der Waals surface area contributed by atoms with E-state index in [1.54, 1.807) is 23.2 Å². The van der Waals surface area contributed by atoms with Crippen LogP contribution in [0.4, 0.5) is 0 Å². The van der Waals surface area contributed by atoms with Crippen molar-refractivity contribution in [1.29, 1.82) is 0 Å². The van der Waals surface area contributed by atoms with Gasteiger partial charge in [0.2, 0.25) is 5.76 Å². The Morgan fingerprint density at radius 1 is 1.10 bits per heavy atom. The standard InChI is InChI=1S/C28H24Cl2N4O5/c29-20-5-3-6-21(30)24(20)26(35)32-23(28(37)38)14-18-9-8-17(15-31-18)16-10-12-34(13-11-16)27(36)25-19-4-1-2-7-22(19)33-39-25/h1-7,9-10,15,17,23H,8,11-14H2,(H,32,35)(H,37,38)/t17?,23-/m0/s1. The molecule has 9 nitrogen and oxygen atoms in total. The lowest BCUT2D eigenvalue weighted by atomic mass is 9.89. The zero-order chi connectivity index (χ0) is 27.5. The first-order chi connectivity index (χ1) is 18.8. The first-order valence-corrected chi connectivity index (χ1v) is 13.1. The Hall–Kier alpha value is -3.95. The van der Waals surface area contributed by atoms with Crippen LogP contribution in [0.2, 0.25) is 10.0 Å². The zero-order valence-electron chi connectivity index (χ0n) is 20.6. The minimum atomic E-state index is -1.20. The third kappa shape index (κ3) is 5.74. The fourth-order valence-corrected chi connectivity index (χ4v) is 5.26. The SMILES string of the molecule is O=C(N[C@@H](CC1=CCC(C2=CCN(C(=O)c3onc4ccccc34)CC2)C=N1)C(=O)O)c1c(Cl)cccc1Cl. The van der Waals surface area contributed by atoms with Gasteiger partial charge >= 0.3 is 5.97 Å². The molecule has 0 saturated carbocycles. The number of hydrogen-bond acceptors (Lipinski definition) is 6. The number of benzene rings is 2. The second-order valence-electron chi connectivity index (χ2n) is 9.29. The van der Waals surface area contributed by atoms with Gasteiger partial charge in [-0.3, -0.25) is 14.6 Å². The van der Waals surface area contributed by atoms with Crippen LogP contribution in [-0.2, 0) is 4.79 Å². The number of carbonyl (C=O) groups excluding carboxylic acids is 2. The van der Waals surface area contributed by atoms with Crippen LogP contribution in [0, 0.1) is 5.92 Å². The molecular weight excluding hydrogens is 543 g/mol. The highest BCUT2D eigenvalue weighted by molar-refractivity contribution is 6.39. The molecule has 1 aromatic heterocycles. The zero-order valence-corrected chi connectivity index (χ0v) is 22.2. The third-order valence-electron chi connectivity index (χ3n) is 6.82. The van der Waals surface area contributed by atoms with Crippen LogP contribution in [0.5, 0.6) is 0 Å². The highest BCUT2D eigenvalue weighted by Gasteiger charge is 2.28. The quantitative estimate of drug-likeness (QED) is 0.381. The first-order valence-electron chi connectivity index (χ1n) is 12.4. The van der Waals surface area contributed by atoms with Crippen LogP contribution < -0.4 is 5.32 Å². The van der Waals surface area contributed by atoms with Gasteiger partial charge < -0.3 is 19.8 Å². The summed E-state index contributed by atoms with van der Waals surface area (Å²) in [5.41, 5.74) is 2.40. The maximum absolute atomic E-state index is 13.0. The van der Waals surface area contributed by atoms with E-state index in [9.17, 15) is 19.5 Å². The summed E-state index contributed by atoms with van der Waals surface area (Å²) in [5, 5.41) is 17.1. The summed E-state index contributed by atoms with van der Waals surface area (Å²) in [7, 11) is 0. The van der Waals surface area contributed by atoms with E-state index in [2.05, 4.69) is 15.5 Å². The maximum Gasteiger partial charge on any atom is 0.326 e. The molecule has 0 spiro atoms. The van der Waals surface area contributed by atoms with Crippen molar-refractivity contribution in [1.82, 2.24) is 15.4 Å². The van der Waals surface area contributed by atoms with Crippen molar-refractivity contribution in [2.75, 3.05) is 13.1 Å². The minimum absolute atomic E-state index is 0.0127. The highest BCUT2D eigenvalue weighted by Crippen LogP contribution is 2.28. The number of rotatable bonds is 7. The van der Waals surface area contributed by atoms with Crippen molar-refractivity contribution in [3.63, 3.8) is 0 Å². The second-order valence-corrected chi connectivity index (χ2v) is 10.1. The normalized spacial score (nSPS) is 17.9. The van der Waals surface area contributed by atoms with Gasteiger partial charge in [0.25, 0.3) is 11.8 Å². The lowest BCUT2D eigenvalue weighted by Gasteiger charge is -2.29. The van der Waals surface area contributed by atoms with E-state index in [0.717, 1.165) is 5.57 Å². The largest absolute Gasteiger partial charge is 0.480 e. The number of aromatic nitrogens is 1. The van der Waals surface area contributed by atoms with Gasteiger partial charge in [0.15, 0.2) is 0 Å². The molecule has 0 saturated heterocycles. The summed E-state index contributed by atoms with van der Waals surface area (Å²) in [5.74, 6) is -1.76. The molecule has 3 heterocycles. The number of nitrogens with zero attached hydrogens (tertiary/aromatic N) is 3. The average molecular weight is 567 g/mol. The molecule has 11 heteroatoms. The molecule has 1 unspecified atom stereocenters. The fraction of sp³-hybridized carbons (Fsp3) is 0.250. The third-order valence-corrected chi connectivity index (χ3v) is 7.45. The molecule has 2 atom stereocenters. The number of allylic oxidation sites excluding steroid dienone is 1. The summed E-state index contributed by atoms with van der Waals surface area (Å²) in [6.45, 7) is 0.986. The Kier molecular flexibility index (Phi) is 7.81. The van der Waals surface area contributed by atoms with Gasteiger partial charge in [0.1, 0.15) is 11.6 Å². The topological polar surface area (TPSA) is 125 Å². The van der Waals surface area contributed by atoms with E-state index in [0.29, 0.717) is 42.5 Å². The Bertz CT molecular complexity index is 1520. The van der Waals surface area contributed by atoms with Crippen LogP contribution in [0.15, 0.2) is 75.4 Å². The average Bonchev–Trinajstić information content (AvgIpc) is 3.37. The van der Waals surface area contributed by atoms with E-state index in [1.165, 1.54) is 12.1 Å². The number of hydrogen-bond donors (Lipinski definition) is 2. The van der Waals surface area contributed by atoms with Gasteiger partial charge in [-0.05, 0) is 37.1 Å². The Balaban J connectivity index is 1.18. The van der Waals surface area contributed by atoms with Crippen molar-refractivity contribution >= 4 is 58.1 Å². The van der Waals surface area contributed by atoms with Gasteiger partial charge in [-0.25, -0.2) is 4.79 Å². The Labute approximate surface area is 233 Å². The molecule has 2 aliphatic heterocycles. The van der Waals surface area contributed by atoms with Gasteiger partial charge in [0.05, 0.1) is 21.0 Å². The smallest absolute Gasteiger partial charge is 0.326 e. The summed E-state index contributed by atoms with van der Waals surface area (Å²) >= 11 is 12.2. The molecule has 39 heavy (non-hydrogen) atoms. The molecule has 0 bridgehead atoms.